The molecule has 0 amide bonds. The Morgan fingerprint density at radius 3 is 2.61 bits per heavy atom. The number of hydrogen-bond donors (Lipinski definition) is 2. The van der Waals surface area contributed by atoms with Crippen molar-refractivity contribution >= 4 is 29.9 Å². The number of aliphatic imine (C=N–C) groups is 1. The van der Waals surface area contributed by atoms with E-state index >= 15 is 0 Å². The highest BCUT2D eigenvalue weighted by Crippen LogP contribution is 2.23. The van der Waals surface area contributed by atoms with Crippen LogP contribution in [0.1, 0.15) is 30.2 Å². The highest BCUT2D eigenvalue weighted by molar-refractivity contribution is 14.0. The second-order valence-electron chi connectivity index (χ2n) is 7.70. The number of aryl methyl sites for hydroxylation is 1. The Morgan fingerprint density at radius 2 is 1.91 bits per heavy atom. The molecule has 4 rings (SSSR count). The number of aromatic nitrogens is 1. The van der Waals surface area contributed by atoms with Crippen LogP contribution in [0.4, 0.5) is 0 Å². The first-order valence-electron chi connectivity index (χ1n) is 11.1. The van der Waals surface area contributed by atoms with Crippen LogP contribution in [0.15, 0.2) is 62.6 Å². The maximum absolute atomic E-state index is 5.96. The first-order chi connectivity index (χ1) is 15.7. The van der Waals surface area contributed by atoms with E-state index in [4.69, 9.17) is 18.6 Å². The maximum atomic E-state index is 5.96. The maximum Gasteiger partial charge on any atom is 0.226 e. The number of guanidine groups is 1. The van der Waals surface area contributed by atoms with Crippen LogP contribution in [0, 0.1) is 6.92 Å². The van der Waals surface area contributed by atoms with Gasteiger partial charge in [-0.3, -0.25) is 4.90 Å². The summed E-state index contributed by atoms with van der Waals surface area (Å²) in [5.74, 6) is 3.21. The number of benzene rings is 1. The molecule has 0 radical (unpaired) electrons. The van der Waals surface area contributed by atoms with Gasteiger partial charge in [-0.15, -0.1) is 24.0 Å². The van der Waals surface area contributed by atoms with Crippen LogP contribution in [-0.2, 0) is 11.3 Å². The van der Waals surface area contributed by atoms with E-state index in [0.29, 0.717) is 19.0 Å². The van der Waals surface area contributed by atoms with Gasteiger partial charge in [-0.2, -0.15) is 0 Å². The van der Waals surface area contributed by atoms with Crippen LogP contribution < -0.4 is 10.6 Å². The average molecular weight is 565 g/mol. The van der Waals surface area contributed by atoms with Crippen LogP contribution in [-0.4, -0.2) is 55.2 Å². The van der Waals surface area contributed by atoms with Crippen LogP contribution in [0.2, 0.25) is 0 Å². The topological polar surface area (TPSA) is 88.1 Å². The molecule has 3 aromatic rings. The zero-order chi connectivity index (χ0) is 22.2. The molecule has 9 heteroatoms. The normalized spacial score (nSPS) is 15.6. The van der Waals surface area contributed by atoms with Gasteiger partial charge in [-0.05, 0) is 38.1 Å². The molecule has 1 unspecified atom stereocenters. The SMILES string of the molecule is CCNC(=NCc1coc(-c2ccccc2)n1)NCC(c1ccc(C)o1)N1CCOCC1.I. The predicted molar refractivity (Wildman–Crippen MR) is 139 cm³/mol. The Hall–Kier alpha value is -2.37. The summed E-state index contributed by atoms with van der Waals surface area (Å²) in [4.78, 5) is 11.7. The number of hydrogen-bond acceptors (Lipinski definition) is 6. The quantitative estimate of drug-likeness (QED) is 0.243. The molecule has 1 fully saturated rings. The highest BCUT2D eigenvalue weighted by atomic mass is 127. The van der Waals surface area contributed by atoms with Crippen molar-refractivity contribution in [3.8, 4) is 11.5 Å². The number of nitrogens with one attached hydrogen (secondary N) is 2. The smallest absolute Gasteiger partial charge is 0.226 e. The lowest BCUT2D eigenvalue weighted by atomic mass is 10.1. The number of oxazole rings is 1. The summed E-state index contributed by atoms with van der Waals surface area (Å²) >= 11 is 0. The highest BCUT2D eigenvalue weighted by Gasteiger charge is 2.25. The molecule has 0 bridgehead atoms. The minimum absolute atomic E-state index is 0. The molecule has 0 saturated carbocycles. The summed E-state index contributed by atoms with van der Waals surface area (Å²) in [6.07, 6.45) is 1.66. The number of morpholine rings is 1. The second kappa shape index (κ2) is 12.8. The third-order valence-electron chi connectivity index (χ3n) is 5.35. The second-order valence-corrected chi connectivity index (χ2v) is 7.70. The van der Waals surface area contributed by atoms with Crippen molar-refractivity contribution in [1.82, 2.24) is 20.5 Å². The van der Waals surface area contributed by atoms with E-state index in [-0.39, 0.29) is 30.0 Å². The van der Waals surface area contributed by atoms with Crippen molar-refractivity contribution in [2.45, 2.75) is 26.4 Å². The summed E-state index contributed by atoms with van der Waals surface area (Å²) in [6, 6.07) is 14.0. The van der Waals surface area contributed by atoms with E-state index in [1.54, 1.807) is 6.26 Å². The fourth-order valence-electron chi connectivity index (χ4n) is 3.72. The molecule has 1 atom stereocenters. The molecule has 0 spiro atoms. The number of halogens is 1. The fraction of sp³-hybridized carbons (Fsp3) is 0.417. The summed E-state index contributed by atoms with van der Waals surface area (Å²) < 4.78 is 17.1. The minimum Gasteiger partial charge on any atom is -0.465 e. The Kier molecular flexibility index (Phi) is 9.76. The van der Waals surface area contributed by atoms with Gasteiger partial charge in [0.1, 0.15) is 23.5 Å². The third-order valence-corrected chi connectivity index (χ3v) is 5.35. The summed E-state index contributed by atoms with van der Waals surface area (Å²) in [6.45, 7) is 9.11. The van der Waals surface area contributed by atoms with Crippen molar-refractivity contribution in [2.75, 3.05) is 39.4 Å². The van der Waals surface area contributed by atoms with Gasteiger partial charge in [-0.1, -0.05) is 18.2 Å². The summed E-state index contributed by atoms with van der Waals surface area (Å²) in [7, 11) is 0. The van der Waals surface area contributed by atoms with Gasteiger partial charge < -0.3 is 24.2 Å². The molecular formula is C24H32IN5O3. The Morgan fingerprint density at radius 1 is 1.12 bits per heavy atom. The van der Waals surface area contributed by atoms with Crippen LogP contribution in [0.25, 0.3) is 11.5 Å². The molecule has 0 aliphatic carbocycles. The van der Waals surface area contributed by atoms with Gasteiger partial charge in [0.25, 0.3) is 0 Å². The molecule has 3 heterocycles. The van der Waals surface area contributed by atoms with Gasteiger partial charge in [-0.25, -0.2) is 9.98 Å². The van der Waals surface area contributed by atoms with E-state index in [1.165, 1.54) is 0 Å². The molecule has 1 aliphatic heterocycles. The molecule has 1 aromatic carbocycles. The first kappa shape index (κ1) is 25.3. The van der Waals surface area contributed by atoms with E-state index in [9.17, 15) is 0 Å². The summed E-state index contributed by atoms with van der Waals surface area (Å²) in [5.41, 5.74) is 1.74. The monoisotopic (exact) mass is 565 g/mol. The zero-order valence-electron chi connectivity index (χ0n) is 19.1. The van der Waals surface area contributed by atoms with Crippen LogP contribution in [0.3, 0.4) is 0 Å². The van der Waals surface area contributed by atoms with E-state index in [0.717, 1.165) is 61.6 Å². The van der Waals surface area contributed by atoms with Crippen LogP contribution in [0.5, 0.6) is 0 Å². The third kappa shape index (κ3) is 7.05. The molecule has 1 saturated heterocycles. The van der Waals surface area contributed by atoms with Crippen LogP contribution >= 0.6 is 24.0 Å². The van der Waals surface area contributed by atoms with Gasteiger partial charge >= 0.3 is 0 Å². The van der Waals surface area contributed by atoms with Gasteiger partial charge in [0.15, 0.2) is 5.96 Å². The van der Waals surface area contributed by atoms with E-state index in [1.807, 2.05) is 43.3 Å². The number of rotatable bonds is 8. The van der Waals surface area contributed by atoms with Gasteiger partial charge in [0, 0.05) is 31.7 Å². The molecule has 8 nitrogen and oxygen atoms in total. The molecule has 178 valence electrons. The lowest BCUT2D eigenvalue weighted by Gasteiger charge is -2.33. The average Bonchev–Trinajstić information content (AvgIpc) is 3.48. The first-order valence-corrected chi connectivity index (χ1v) is 11.1. The standard InChI is InChI=1S/C24H31N5O3.HI/c1-3-25-24(26-15-20-17-31-23(28-20)19-7-5-4-6-8-19)27-16-21(22-10-9-18(2)32-22)29-11-13-30-14-12-29;/h4-10,17,21H,3,11-16H2,1-2H3,(H2,25,26,27);1H. The van der Waals surface area contributed by atoms with Crippen molar-refractivity contribution < 1.29 is 13.6 Å². The van der Waals surface area contributed by atoms with E-state index in [2.05, 4.69) is 33.5 Å². The molecule has 1 aliphatic rings. The number of furan rings is 1. The molecular weight excluding hydrogens is 533 g/mol. The van der Waals surface area contributed by atoms with E-state index < -0.39 is 0 Å². The zero-order valence-corrected chi connectivity index (χ0v) is 21.5. The lowest BCUT2D eigenvalue weighted by Crippen LogP contribution is -2.46. The molecule has 2 aromatic heterocycles. The van der Waals surface area contributed by atoms with Gasteiger partial charge in [0.05, 0.1) is 25.8 Å². The fourth-order valence-corrected chi connectivity index (χ4v) is 3.72. The largest absolute Gasteiger partial charge is 0.465 e. The number of nitrogens with zero attached hydrogens (tertiary/aromatic N) is 3. The molecule has 2 N–H and O–H groups in total. The Bertz CT molecular complexity index is 998. The van der Waals surface area contributed by atoms with Crippen molar-refractivity contribution in [3.05, 3.63) is 65.9 Å². The summed E-state index contributed by atoms with van der Waals surface area (Å²) in [5, 5.41) is 6.79. The van der Waals surface area contributed by atoms with Gasteiger partial charge in [0.2, 0.25) is 5.89 Å². The predicted octanol–water partition coefficient (Wildman–Crippen LogP) is 3.99. The van der Waals surface area contributed by atoms with Crippen molar-refractivity contribution in [3.63, 3.8) is 0 Å². The lowest BCUT2D eigenvalue weighted by molar-refractivity contribution is 0.0124. The number of ether oxygens (including phenoxy) is 1. The van der Waals surface area contributed by atoms with Crippen molar-refractivity contribution in [1.29, 1.82) is 0 Å². The Balaban J connectivity index is 0.00000306. The minimum atomic E-state index is 0. The molecule has 33 heavy (non-hydrogen) atoms. The van der Waals surface area contributed by atoms with Crippen molar-refractivity contribution in [2.24, 2.45) is 4.99 Å². The Labute approximate surface area is 211 Å².